The first-order chi connectivity index (χ1) is 11.2. The molecule has 3 rings (SSSR count). The lowest BCUT2D eigenvalue weighted by molar-refractivity contribution is -0.121. The van der Waals surface area contributed by atoms with Crippen molar-refractivity contribution in [3.63, 3.8) is 0 Å². The third kappa shape index (κ3) is 3.88. The maximum atomic E-state index is 11.9. The molecule has 1 heterocycles. The van der Waals surface area contributed by atoms with Gasteiger partial charge < -0.3 is 14.5 Å². The number of methoxy groups -OCH3 is 1. The van der Waals surface area contributed by atoms with Crippen LogP contribution in [0.25, 0.3) is 11.1 Å². The highest BCUT2D eigenvalue weighted by Crippen LogP contribution is 2.15. The predicted molar refractivity (Wildman–Crippen MR) is 87.2 cm³/mol. The van der Waals surface area contributed by atoms with Crippen LogP contribution in [-0.2, 0) is 17.8 Å². The lowest BCUT2D eigenvalue weighted by atomic mass is 10.2. The van der Waals surface area contributed by atoms with E-state index in [9.17, 15) is 4.79 Å². The first-order valence-electron chi connectivity index (χ1n) is 7.48. The van der Waals surface area contributed by atoms with Crippen LogP contribution < -0.4 is 10.1 Å². The van der Waals surface area contributed by atoms with Crippen molar-refractivity contribution in [1.82, 2.24) is 10.3 Å². The van der Waals surface area contributed by atoms with Crippen LogP contribution >= 0.6 is 0 Å². The number of carbonyl (C=O) groups is 1. The normalized spacial score (nSPS) is 10.7. The van der Waals surface area contributed by atoms with E-state index < -0.39 is 0 Å². The maximum absolute atomic E-state index is 11.9. The number of aryl methyl sites for hydroxylation is 1. The van der Waals surface area contributed by atoms with E-state index in [0.29, 0.717) is 25.3 Å². The lowest BCUT2D eigenvalue weighted by Gasteiger charge is -2.05. The van der Waals surface area contributed by atoms with Crippen molar-refractivity contribution in [2.45, 2.75) is 19.4 Å². The number of carbonyl (C=O) groups excluding carboxylic acids is 1. The van der Waals surface area contributed by atoms with Crippen LogP contribution in [0.4, 0.5) is 0 Å². The van der Waals surface area contributed by atoms with Gasteiger partial charge in [-0.05, 0) is 29.8 Å². The summed E-state index contributed by atoms with van der Waals surface area (Å²) in [6.07, 6.45) is 0.839. The fourth-order valence-electron chi connectivity index (χ4n) is 2.28. The van der Waals surface area contributed by atoms with Crippen molar-refractivity contribution >= 4 is 17.0 Å². The predicted octanol–water partition coefficient (Wildman–Crippen LogP) is 3.09. The Morgan fingerprint density at radius 3 is 2.70 bits per heavy atom. The molecule has 23 heavy (non-hydrogen) atoms. The minimum Gasteiger partial charge on any atom is -0.497 e. The number of para-hydroxylation sites is 2. The summed E-state index contributed by atoms with van der Waals surface area (Å²) in [5, 5.41) is 2.89. The van der Waals surface area contributed by atoms with Gasteiger partial charge in [0.2, 0.25) is 5.91 Å². The number of fused-ring (bicyclic) bond motifs is 1. The molecular weight excluding hydrogens is 292 g/mol. The van der Waals surface area contributed by atoms with Crippen molar-refractivity contribution in [2.24, 2.45) is 0 Å². The van der Waals surface area contributed by atoms with Gasteiger partial charge in [-0.3, -0.25) is 4.79 Å². The smallest absolute Gasteiger partial charge is 0.220 e. The number of hydrogen-bond donors (Lipinski definition) is 1. The number of amides is 1. The van der Waals surface area contributed by atoms with Gasteiger partial charge in [0.25, 0.3) is 0 Å². The average molecular weight is 310 g/mol. The molecule has 0 atom stereocenters. The van der Waals surface area contributed by atoms with E-state index in [1.54, 1.807) is 7.11 Å². The standard InChI is InChI=1S/C18H18N2O3/c1-22-14-8-6-13(7-9-14)12-19-17(21)10-11-18-20-15-4-2-3-5-16(15)23-18/h2-9H,10-12H2,1H3,(H,19,21). The molecule has 0 fully saturated rings. The molecule has 1 amide bonds. The van der Waals surface area contributed by atoms with Crippen LogP contribution in [0.2, 0.25) is 0 Å². The molecule has 0 saturated carbocycles. The summed E-state index contributed by atoms with van der Waals surface area (Å²) >= 11 is 0. The minimum absolute atomic E-state index is 0.0249. The molecule has 0 unspecified atom stereocenters. The van der Waals surface area contributed by atoms with Crippen molar-refractivity contribution in [1.29, 1.82) is 0 Å². The van der Waals surface area contributed by atoms with E-state index >= 15 is 0 Å². The monoisotopic (exact) mass is 310 g/mol. The molecule has 0 spiro atoms. The van der Waals surface area contributed by atoms with Crippen molar-refractivity contribution in [3.05, 3.63) is 60.0 Å². The Morgan fingerprint density at radius 1 is 1.17 bits per heavy atom. The molecule has 5 heteroatoms. The molecule has 0 aliphatic heterocycles. The Labute approximate surface area is 134 Å². The van der Waals surface area contributed by atoms with Crippen LogP contribution in [-0.4, -0.2) is 18.0 Å². The molecule has 0 aliphatic rings. The summed E-state index contributed by atoms with van der Waals surface area (Å²) in [5.74, 6) is 1.37. The van der Waals surface area contributed by atoms with Crippen LogP contribution in [0.15, 0.2) is 52.9 Å². The van der Waals surface area contributed by atoms with Gasteiger partial charge in [0.05, 0.1) is 7.11 Å². The summed E-state index contributed by atoms with van der Waals surface area (Å²) in [6.45, 7) is 0.496. The summed E-state index contributed by atoms with van der Waals surface area (Å²) in [7, 11) is 1.63. The van der Waals surface area contributed by atoms with E-state index in [0.717, 1.165) is 22.4 Å². The van der Waals surface area contributed by atoms with Crippen molar-refractivity contribution in [3.8, 4) is 5.75 Å². The zero-order valence-corrected chi connectivity index (χ0v) is 12.9. The van der Waals surface area contributed by atoms with Gasteiger partial charge in [-0.15, -0.1) is 0 Å². The molecule has 0 radical (unpaired) electrons. The van der Waals surface area contributed by atoms with Gasteiger partial charge in [0.15, 0.2) is 11.5 Å². The van der Waals surface area contributed by atoms with Crippen molar-refractivity contribution < 1.29 is 13.9 Å². The Bertz CT molecular complexity index is 760. The summed E-state index contributed by atoms with van der Waals surface area (Å²) in [5.41, 5.74) is 2.60. The van der Waals surface area contributed by atoms with E-state index in [4.69, 9.17) is 9.15 Å². The largest absolute Gasteiger partial charge is 0.497 e. The number of rotatable bonds is 6. The zero-order chi connectivity index (χ0) is 16.1. The molecule has 5 nitrogen and oxygen atoms in total. The number of nitrogens with zero attached hydrogens (tertiary/aromatic N) is 1. The van der Waals surface area contributed by atoms with Gasteiger partial charge in [0, 0.05) is 19.4 Å². The Balaban J connectivity index is 1.49. The molecule has 0 aliphatic carbocycles. The minimum atomic E-state index is -0.0249. The zero-order valence-electron chi connectivity index (χ0n) is 12.9. The van der Waals surface area contributed by atoms with Crippen molar-refractivity contribution in [2.75, 3.05) is 7.11 Å². The number of benzene rings is 2. The maximum Gasteiger partial charge on any atom is 0.220 e. The topological polar surface area (TPSA) is 64.4 Å². The second-order valence-electron chi connectivity index (χ2n) is 5.20. The highest BCUT2D eigenvalue weighted by Gasteiger charge is 2.08. The number of aromatic nitrogens is 1. The van der Waals surface area contributed by atoms with Gasteiger partial charge >= 0.3 is 0 Å². The summed E-state index contributed by atoms with van der Waals surface area (Å²) in [4.78, 5) is 16.3. The SMILES string of the molecule is COc1ccc(CNC(=O)CCc2nc3ccccc3o2)cc1. The molecule has 0 saturated heterocycles. The van der Waals surface area contributed by atoms with E-state index in [-0.39, 0.29) is 5.91 Å². The third-order valence-corrected chi connectivity index (χ3v) is 3.55. The fraction of sp³-hybridized carbons (Fsp3) is 0.222. The molecule has 3 aromatic rings. The van der Waals surface area contributed by atoms with Crippen LogP contribution in [0.1, 0.15) is 17.9 Å². The third-order valence-electron chi connectivity index (χ3n) is 3.55. The van der Waals surface area contributed by atoms with Crippen LogP contribution in [0, 0.1) is 0 Å². The number of nitrogens with one attached hydrogen (secondary N) is 1. The molecule has 0 bridgehead atoms. The number of ether oxygens (including phenoxy) is 1. The molecule has 118 valence electrons. The second-order valence-corrected chi connectivity index (χ2v) is 5.20. The van der Waals surface area contributed by atoms with E-state index in [1.165, 1.54) is 0 Å². The Hall–Kier alpha value is -2.82. The van der Waals surface area contributed by atoms with Gasteiger partial charge in [-0.25, -0.2) is 4.98 Å². The highest BCUT2D eigenvalue weighted by atomic mass is 16.5. The van der Waals surface area contributed by atoms with Crippen LogP contribution in [0.3, 0.4) is 0 Å². The Kier molecular flexibility index (Phi) is 4.57. The highest BCUT2D eigenvalue weighted by molar-refractivity contribution is 5.76. The van der Waals surface area contributed by atoms with Gasteiger partial charge in [-0.2, -0.15) is 0 Å². The molecule has 1 aromatic heterocycles. The second kappa shape index (κ2) is 6.96. The van der Waals surface area contributed by atoms with E-state index in [2.05, 4.69) is 10.3 Å². The first-order valence-corrected chi connectivity index (χ1v) is 7.48. The number of hydrogen-bond acceptors (Lipinski definition) is 4. The molecule has 2 aromatic carbocycles. The molecular formula is C18H18N2O3. The quantitative estimate of drug-likeness (QED) is 0.760. The Morgan fingerprint density at radius 2 is 1.96 bits per heavy atom. The van der Waals surface area contributed by atoms with Gasteiger partial charge in [0.1, 0.15) is 11.3 Å². The van der Waals surface area contributed by atoms with Crippen LogP contribution in [0.5, 0.6) is 5.75 Å². The average Bonchev–Trinajstić information content (AvgIpc) is 3.01. The summed E-state index contributed by atoms with van der Waals surface area (Å²) < 4.78 is 10.7. The first kappa shape index (κ1) is 15.1. The lowest BCUT2D eigenvalue weighted by Crippen LogP contribution is -2.23. The number of oxazole rings is 1. The summed E-state index contributed by atoms with van der Waals surface area (Å²) in [6, 6.07) is 15.2. The fourth-order valence-corrected chi connectivity index (χ4v) is 2.28. The molecule has 1 N–H and O–H groups in total. The van der Waals surface area contributed by atoms with Gasteiger partial charge in [-0.1, -0.05) is 24.3 Å². The van der Waals surface area contributed by atoms with E-state index in [1.807, 2.05) is 48.5 Å².